The predicted molar refractivity (Wildman–Crippen MR) is 139 cm³/mol. The normalized spacial score (nSPS) is 10.8. The van der Waals surface area contributed by atoms with E-state index in [-0.39, 0.29) is 12.5 Å². The lowest BCUT2D eigenvalue weighted by molar-refractivity contribution is 0.102. The van der Waals surface area contributed by atoms with Crippen molar-refractivity contribution in [1.29, 1.82) is 0 Å². The van der Waals surface area contributed by atoms with Crippen molar-refractivity contribution in [1.82, 2.24) is 9.78 Å². The molecule has 180 valence electrons. The lowest BCUT2D eigenvalue weighted by atomic mass is 10.1. The van der Waals surface area contributed by atoms with Crippen molar-refractivity contribution >= 4 is 23.2 Å². The van der Waals surface area contributed by atoms with Gasteiger partial charge in [0.05, 0.1) is 30.7 Å². The van der Waals surface area contributed by atoms with Gasteiger partial charge in [-0.15, -0.1) is 0 Å². The third kappa shape index (κ3) is 5.66. The van der Waals surface area contributed by atoms with E-state index >= 15 is 0 Å². The van der Waals surface area contributed by atoms with Crippen LogP contribution in [-0.4, -0.2) is 22.8 Å². The largest absolute Gasteiger partial charge is 0.496 e. The van der Waals surface area contributed by atoms with Crippen molar-refractivity contribution in [3.63, 3.8) is 0 Å². The molecular weight excluding hydrogens is 462 g/mol. The molecule has 0 aliphatic rings. The second-order valence-corrected chi connectivity index (χ2v) is 8.79. The summed E-state index contributed by atoms with van der Waals surface area (Å²) in [5.41, 5.74) is 6.06. The van der Waals surface area contributed by atoms with Crippen LogP contribution in [-0.2, 0) is 13.2 Å². The maximum Gasteiger partial charge on any atom is 0.255 e. The smallest absolute Gasteiger partial charge is 0.255 e. The number of carbonyl (C=O) groups is 1. The fourth-order valence-electron chi connectivity index (χ4n) is 3.89. The number of rotatable bonds is 8. The summed E-state index contributed by atoms with van der Waals surface area (Å²) < 4.78 is 13.3. The number of ether oxygens (including phenoxy) is 2. The number of hydrogen-bond acceptors (Lipinski definition) is 4. The van der Waals surface area contributed by atoms with Gasteiger partial charge >= 0.3 is 0 Å². The molecule has 1 N–H and O–H groups in total. The first-order valence-corrected chi connectivity index (χ1v) is 11.7. The van der Waals surface area contributed by atoms with E-state index < -0.39 is 0 Å². The molecule has 4 aromatic rings. The average Bonchev–Trinajstić information content (AvgIpc) is 3.12. The van der Waals surface area contributed by atoms with Gasteiger partial charge in [-0.25, -0.2) is 0 Å². The molecule has 0 aliphatic carbocycles. The molecule has 0 spiro atoms. The highest BCUT2D eigenvalue weighted by atomic mass is 35.5. The minimum atomic E-state index is -0.220. The third-order valence-corrected chi connectivity index (χ3v) is 6.20. The molecule has 1 heterocycles. The molecule has 7 heteroatoms. The summed E-state index contributed by atoms with van der Waals surface area (Å²) in [5, 5.41) is 8.34. The topological polar surface area (TPSA) is 65.4 Å². The maximum atomic E-state index is 13.2. The number of nitrogens with zero attached hydrogens (tertiary/aromatic N) is 2. The summed E-state index contributed by atoms with van der Waals surface area (Å²) >= 11 is 5.94. The minimum absolute atomic E-state index is 0.220. The molecule has 0 unspecified atom stereocenters. The van der Waals surface area contributed by atoms with E-state index in [9.17, 15) is 4.79 Å². The van der Waals surface area contributed by atoms with Crippen LogP contribution in [0.25, 0.3) is 0 Å². The average molecular weight is 490 g/mol. The predicted octanol–water partition coefficient (Wildman–Crippen LogP) is 6.35. The first kappa shape index (κ1) is 24.4. The molecule has 1 amide bonds. The van der Waals surface area contributed by atoms with Gasteiger partial charge in [-0.05, 0) is 74.4 Å². The summed E-state index contributed by atoms with van der Waals surface area (Å²) in [6, 6.07) is 20.6. The monoisotopic (exact) mass is 489 g/mol. The highest BCUT2D eigenvalue weighted by molar-refractivity contribution is 6.30. The second kappa shape index (κ2) is 10.7. The number of carbonyl (C=O) groups excluding carboxylic acids is 1. The van der Waals surface area contributed by atoms with Crippen LogP contribution in [0.1, 0.15) is 38.4 Å². The lowest BCUT2D eigenvalue weighted by Crippen LogP contribution is -2.14. The molecule has 0 atom stereocenters. The first-order valence-electron chi connectivity index (χ1n) is 11.3. The summed E-state index contributed by atoms with van der Waals surface area (Å²) in [7, 11) is 1.59. The minimum Gasteiger partial charge on any atom is -0.496 e. The van der Waals surface area contributed by atoms with Gasteiger partial charge in [0, 0.05) is 16.1 Å². The van der Waals surface area contributed by atoms with E-state index in [0.717, 1.165) is 22.6 Å². The molecule has 6 nitrogen and oxygen atoms in total. The fraction of sp³-hybridized carbons (Fsp3) is 0.214. The number of amides is 1. The van der Waals surface area contributed by atoms with Crippen molar-refractivity contribution in [2.75, 3.05) is 12.4 Å². The Kier molecular flexibility index (Phi) is 7.42. The van der Waals surface area contributed by atoms with Crippen LogP contribution >= 0.6 is 11.6 Å². The molecule has 0 bridgehead atoms. The Balaban J connectivity index is 1.51. The van der Waals surface area contributed by atoms with Crippen molar-refractivity contribution in [3.05, 3.63) is 105 Å². The summed E-state index contributed by atoms with van der Waals surface area (Å²) in [6.45, 7) is 6.84. The number of methoxy groups -OCH3 is 1. The lowest BCUT2D eigenvalue weighted by Gasteiger charge is -2.13. The van der Waals surface area contributed by atoms with Gasteiger partial charge in [-0.3, -0.25) is 9.48 Å². The van der Waals surface area contributed by atoms with E-state index in [0.29, 0.717) is 28.6 Å². The number of aryl methyl sites for hydroxylation is 2. The molecular formula is C28H28ClN3O3. The van der Waals surface area contributed by atoms with Crippen LogP contribution in [0, 0.1) is 20.8 Å². The number of aromatic nitrogens is 2. The van der Waals surface area contributed by atoms with Crippen LogP contribution in [0.5, 0.6) is 11.5 Å². The van der Waals surface area contributed by atoms with Gasteiger partial charge < -0.3 is 14.8 Å². The Hall–Kier alpha value is -3.77. The molecule has 0 saturated heterocycles. The summed E-state index contributed by atoms with van der Waals surface area (Å²) in [5.74, 6) is 1.11. The highest BCUT2D eigenvalue weighted by Crippen LogP contribution is 2.26. The summed E-state index contributed by atoms with van der Waals surface area (Å²) in [4.78, 5) is 13.2. The van der Waals surface area contributed by atoms with Gasteiger partial charge in [0.25, 0.3) is 5.91 Å². The quantitative estimate of drug-likeness (QED) is 0.313. The zero-order valence-corrected chi connectivity index (χ0v) is 21.0. The number of benzene rings is 3. The fourth-order valence-corrected chi connectivity index (χ4v) is 4.02. The van der Waals surface area contributed by atoms with Crippen LogP contribution in [0.3, 0.4) is 0 Å². The van der Waals surface area contributed by atoms with Gasteiger partial charge in [0.1, 0.15) is 18.1 Å². The highest BCUT2D eigenvalue weighted by Gasteiger charge is 2.17. The third-order valence-electron chi connectivity index (χ3n) is 5.95. The van der Waals surface area contributed by atoms with Crippen molar-refractivity contribution in [2.24, 2.45) is 0 Å². The van der Waals surface area contributed by atoms with Crippen molar-refractivity contribution in [2.45, 2.75) is 33.9 Å². The molecule has 3 aromatic carbocycles. The SMILES string of the molecule is COc1ccc(C(=O)Nc2c(C)nn(Cc3ccccc3C)c2C)cc1COc1ccc(Cl)cc1. The molecule has 0 radical (unpaired) electrons. The number of halogens is 1. The molecule has 4 rings (SSSR count). The van der Waals surface area contributed by atoms with Crippen molar-refractivity contribution in [3.8, 4) is 11.5 Å². The van der Waals surface area contributed by atoms with E-state index in [1.54, 1.807) is 49.6 Å². The Bertz CT molecular complexity index is 1350. The van der Waals surface area contributed by atoms with Gasteiger partial charge in [0.15, 0.2) is 0 Å². The van der Waals surface area contributed by atoms with Crippen LogP contribution in [0.2, 0.25) is 5.02 Å². The van der Waals surface area contributed by atoms with Crippen LogP contribution in [0.4, 0.5) is 5.69 Å². The maximum absolute atomic E-state index is 13.2. The molecule has 0 fully saturated rings. The number of hydrogen-bond donors (Lipinski definition) is 1. The van der Waals surface area contributed by atoms with Gasteiger partial charge in [0.2, 0.25) is 0 Å². The zero-order valence-electron chi connectivity index (χ0n) is 20.3. The first-order chi connectivity index (χ1) is 16.9. The van der Waals surface area contributed by atoms with Gasteiger partial charge in [-0.2, -0.15) is 5.10 Å². The number of anilines is 1. The zero-order chi connectivity index (χ0) is 24.9. The second-order valence-electron chi connectivity index (χ2n) is 8.35. The van der Waals surface area contributed by atoms with Crippen molar-refractivity contribution < 1.29 is 14.3 Å². The Morgan fingerprint density at radius 1 is 1.00 bits per heavy atom. The van der Waals surface area contributed by atoms with E-state index in [2.05, 4.69) is 29.5 Å². The Morgan fingerprint density at radius 2 is 1.74 bits per heavy atom. The van der Waals surface area contributed by atoms with E-state index in [4.69, 9.17) is 21.1 Å². The standard InChI is InChI=1S/C28H28ClN3O3/c1-18-7-5-6-8-22(18)16-32-20(3)27(19(2)31-32)30-28(33)21-9-14-26(34-4)23(15-21)17-35-25-12-10-24(29)11-13-25/h5-15H,16-17H2,1-4H3,(H,30,33). The molecule has 0 aliphatic heterocycles. The van der Waals surface area contributed by atoms with Crippen LogP contribution < -0.4 is 14.8 Å². The number of nitrogens with one attached hydrogen (secondary N) is 1. The molecule has 0 saturated carbocycles. The van der Waals surface area contributed by atoms with E-state index in [1.165, 1.54) is 11.1 Å². The Morgan fingerprint density at radius 3 is 2.46 bits per heavy atom. The summed E-state index contributed by atoms with van der Waals surface area (Å²) in [6.07, 6.45) is 0. The molecule has 35 heavy (non-hydrogen) atoms. The Labute approximate surface area is 210 Å². The van der Waals surface area contributed by atoms with Crippen LogP contribution in [0.15, 0.2) is 66.7 Å². The molecule has 1 aromatic heterocycles. The van der Waals surface area contributed by atoms with E-state index in [1.807, 2.05) is 30.7 Å². The van der Waals surface area contributed by atoms with Gasteiger partial charge in [-0.1, -0.05) is 35.9 Å².